The lowest BCUT2D eigenvalue weighted by atomic mass is 10.0. The number of H-pyrrole nitrogens is 1. The number of aliphatic hydroxyl groups excluding tert-OH is 2. The number of aliphatic hydroxyl groups is 2. The smallest absolute Gasteiger partial charge is 0.330 e. The molecule has 1 unspecified atom stereocenters. The van der Waals surface area contributed by atoms with Crippen molar-refractivity contribution in [2.24, 2.45) is 5.92 Å². The van der Waals surface area contributed by atoms with Crippen LogP contribution in [0, 0.1) is 12.8 Å². The van der Waals surface area contributed by atoms with E-state index in [2.05, 4.69) is 4.98 Å². The van der Waals surface area contributed by atoms with Crippen LogP contribution in [0.25, 0.3) is 0 Å². The van der Waals surface area contributed by atoms with Crippen LogP contribution < -0.4 is 11.2 Å². The van der Waals surface area contributed by atoms with Gasteiger partial charge in [-0.25, -0.2) is 4.79 Å². The molecule has 0 saturated carbocycles. The maximum atomic E-state index is 11.7. The monoisotopic (exact) mass is 256 g/mol. The third kappa shape index (κ3) is 2.00. The first-order valence-corrected chi connectivity index (χ1v) is 5.72. The molecule has 0 amide bonds. The highest BCUT2D eigenvalue weighted by Gasteiger charge is 2.41. The predicted octanol–water partition coefficient (Wildman–Crippen LogP) is -1.27. The van der Waals surface area contributed by atoms with Gasteiger partial charge in [-0.3, -0.25) is 14.3 Å². The van der Waals surface area contributed by atoms with Gasteiger partial charge in [-0.05, 0) is 6.92 Å². The average Bonchev–Trinajstić information content (AvgIpc) is 2.61. The van der Waals surface area contributed by atoms with Crippen molar-refractivity contribution in [3.63, 3.8) is 0 Å². The van der Waals surface area contributed by atoms with E-state index in [0.717, 1.165) is 4.57 Å². The zero-order chi connectivity index (χ0) is 13.4. The Balaban J connectivity index is 2.42. The second kappa shape index (κ2) is 4.68. The number of hydrogen-bond acceptors (Lipinski definition) is 5. The van der Waals surface area contributed by atoms with Crippen molar-refractivity contribution in [2.75, 3.05) is 6.61 Å². The molecule has 7 heteroatoms. The molecule has 1 saturated heterocycles. The van der Waals surface area contributed by atoms with Crippen LogP contribution in [0.1, 0.15) is 18.7 Å². The highest BCUT2D eigenvalue weighted by atomic mass is 16.5. The van der Waals surface area contributed by atoms with Crippen molar-refractivity contribution in [2.45, 2.75) is 32.3 Å². The van der Waals surface area contributed by atoms with Gasteiger partial charge in [0.05, 0.1) is 12.7 Å². The SMILES string of the molecule is Cc1cn([C@@H]2O[C@H](CO)C(C)[C@@H]2O)c(=O)[nH]c1=O. The van der Waals surface area contributed by atoms with E-state index >= 15 is 0 Å². The third-order valence-corrected chi connectivity index (χ3v) is 3.33. The van der Waals surface area contributed by atoms with Crippen LogP contribution in [-0.2, 0) is 4.74 Å². The van der Waals surface area contributed by atoms with Crippen molar-refractivity contribution in [3.05, 3.63) is 32.6 Å². The van der Waals surface area contributed by atoms with Gasteiger partial charge in [0.1, 0.15) is 6.10 Å². The second-order valence-corrected chi connectivity index (χ2v) is 4.58. The molecule has 7 nitrogen and oxygen atoms in total. The molecule has 18 heavy (non-hydrogen) atoms. The number of nitrogens with one attached hydrogen (secondary N) is 1. The van der Waals surface area contributed by atoms with Gasteiger partial charge >= 0.3 is 5.69 Å². The Labute approximate surface area is 103 Å². The van der Waals surface area contributed by atoms with Gasteiger partial charge in [-0.15, -0.1) is 0 Å². The molecule has 2 rings (SSSR count). The second-order valence-electron chi connectivity index (χ2n) is 4.58. The summed E-state index contributed by atoms with van der Waals surface area (Å²) in [5.41, 5.74) is -0.749. The number of aromatic amines is 1. The van der Waals surface area contributed by atoms with Crippen LogP contribution in [0.5, 0.6) is 0 Å². The van der Waals surface area contributed by atoms with E-state index in [1.54, 1.807) is 13.8 Å². The summed E-state index contributed by atoms with van der Waals surface area (Å²) in [6.07, 6.45) is -0.976. The molecule has 0 bridgehead atoms. The molecular weight excluding hydrogens is 240 g/mol. The molecule has 2 heterocycles. The van der Waals surface area contributed by atoms with Crippen LogP contribution >= 0.6 is 0 Å². The summed E-state index contributed by atoms with van der Waals surface area (Å²) in [5.74, 6) is -0.292. The minimum Gasteiger partial charge on any atom is -0.394 e. The van der Waals surface area contributed by atoms with E-state index in [0.29, 0.717) is 5.56 Å². The van der Waals surface area contributed by atoms with Gasteiger partial charge in [0.2, 0.25) is 0 Å². The summed E-state index contributed by atoms with van der Waals surface area (Å²) in [7, 11) is 0. The van der Waals surface area contributed by atoms with E-state index < -0.39 is 29.7 Å². The van der Waals surface area contributed by atoms with E-state index in [9.17, 15) is 14.7 Å². The molecule has 1 aliphatic heterocycles. The number of aryl methyl sites for hydroxylation is 1. The van der Waals surface area contributed by atoms with Gasteiger partial charge in [0.25, 0.3) is 5.56 Å². The molecule has 3 N–H and O–H groups in total. The van der Waals surface area contributed by atoms with E-state index in [1.807, 2.05) is 0 Å². The van der Waals surface area contributed by atoms with Crippen molar-refractivity contribution < 1.29 is 14.9 Å². The third-order valence-electron chi connectivity index (χ3n) is 3.33. The van der Waals surface area contributed by atoms with Crippen molar-refractivity contribution in [1.29, 1.82) is 0 Å². The molecule has 100 valence electrons. The number of rotatable bonds is 2. The Morgan fingerprint density at radius 1 is 1.50 bits per heavy atom. The zero-order valence-electron chi connectivity index (χ0n) is 10.2. The van der Waals surface area contributed by atoms with Gasteiger partial charge < -0.3 is 14.9 Å². The number of hydrogen-bond donors (Lipinski definition) is 3. The standard InChI is InChI=1S/C11H16N2O5/c1-5-3-13(11(17)12-9(5)16)10-8(15)6(2)7(4-14)18-10/h3,6-8,10,14-15H,4H2,1-2H3,(H,12,16,17)/t6?,7-,8+,10-/m1/s1. The molecule has 1 aliphatic rings. The normalized spacial score (nSPS) is 31.8. The topological polar surface area (TPSA) is 105 Å². The minimum absolute atomic E-state index is 0.230. The lowest BCUT2D eigenvalue weighted by Crippen LogP contribution is -2.37. The Bertz CT molecular complexity index is 549. The van der Waals surface area contributed by atoms with Gasteiger partial charge in [-0.2, -0.15) is 0 Å². The maximum Gasteiger partial charge on any atom is 0.330 e. The number of ether oxygens (including phenoxy) is 1. The molecule has 0 aromatic carbocycles. The van der Waals surface area contributed by atoms with Crippen LogP contribution in [0.2, 0.25) is 0 Å². The van der Waals surface area contributed by atoms with Gasteiger partial charge in [-0.1, -0.05) is 6.92 Å². The quantitative estimate of drug-likeness (QED) is 0.612. The molecule has 0 spiro atoms. The summed E-state index contributed by atoms with van der Waals surface area (Å²) < 4.78 is 6.58. The van der Waals surface area contributed by atoms with Crippen molar-refractivity contribution in [1.82, 2.24) is 9.55 Å². The number of aromatic nitrogens is 2. The fourth-order valence-electron chi connectivity index (χ4n) is 2.08. The predicted molar refractivity (Wildman–Crippen MR) is 62.2 cm³/mol. The van der Waals surface area contributed by atoms with Gasteiger partial charge in [0.15, 0.2) is 6.23 Å². The zero-order valence-corrected chi connectivity index (χ0v) is 10.2. The Morgan fingerprint density at radius 2 is 2.17 bits per heavy atom. The largest absolute Gasteiger partial charge is 0.394 e. The summed E-state index contributed by atoms with van der Waals surface area (Å²) in [4.78, 5) is 25.1. The molecule has 4 atom stereocenters. The summed E-state index contributed by atoms with van der Waals surface area (Å²) >= 11 is 0. The Hall–Kier alpha value is -1.44. The first-order valence-electron chi connectivity index (χ1n) is 5.72. The van der Waals surface area contributed by atoms with Crippen LogP contribution in [0.15, 0.2) is 15.8 Å². The molecule has 1 aromatic rings. The molecule has 1 aromatic heterocycles. The lowest BCUT2D eigenvalue weighted by molar-refractivity contribution is -0.0535. The fraction of sp³-hybridized carbons (Fsp3) is 0.636. The van der Waals surface area contributed by atoms with E-state index in [1.165, 1.54) is 6.20 Å². The lowest BCUT2D eigenvalue weighted by Gasteiger charge is -2.17. The summed E-state index contributed by atoms with van der Waals surface area (Å²) in [6.45, 7) is 3.06. The van der Waals surface area contributed by atoms with E-state index in [4.69, 9.17) is 9.84 Å². The molecule has 0 aliphatic carbocycles. The van der Waals surface area contributed by atoms with E-state index in [-0.39, 0.29) is 12.5 Å². The fourth-order valence-corrected chi connectivity index (χ4v) is 2.08. The maximum absolute atomic E-state index is 11.7. The summed E-state index contributed by atoms with van der Waals surface area (Å²) in [6, 6.07) is 0. The Kier molecular flexibility index (Phi) is 3.38. The first-order chi connectivity index (χ1) is 8.45. The average molecular weight is 256 g/mol. The van der Waals surface area contributed by atoms with Crippen molar-refractivity contribution >= 4 is 0 Å². The first kappa shape index (κ1) is 13.0. The Morgan fingerprint density at radius 3 is 2.72 bits per heavy atom. The highest BCUT2D eigenvalue weighted by Crippen LogP contribution is 2.32. The van der Waals surface area contributed by atoms with Crippen LogP contribution in [0.3, 0.4) is 0 Å². The van der Waals surface area contributed by atoms with Crippen LogP contribution in [0.4, 0.5) is 0 Å². The molecule has 1 fully saturated rings. The van der Waals surface area contributed by atoms with Gasteiger partial charge in [0, 0.05) is 17.7 Å². The molecular formula is C11H16N2O5. The minimum atomic E-state index is -0.912. The highest BCUT2D eigenvalue weighted by molar-refractivity contribution is 5.02. The van der Waals surface area contributed by atoms with Crippen LogP contribution in [-0.4, -0.2) is 38.6 Å². The number of nitrogens with zero attached hydrogens (tertiary/aromatic N) is 1. The van der Waals surface area contributed by atoms with Crippen molar-refractivity contribution in [3.8, 4) is 0 Å². The summed E-state index contributed by atoms with van der Waals surface area (Å²) in [5, 5.41) is 19.1. The molecule has 0 radical (unpaired) electrons.